The summed E-state index contributed by atoms with van der Waals surface area (Å²) in [5.74, 6) is 0.746. The smallest absolute Gasteiger partial charge is 0.170 e. The van der Waals surface area contributed by atoms with Crippen LogP contribution in [0.5, 0.6) is 5.75 Å². The lowest BCUT2D eigenvalue weighted by atomic mass is 10.1. The second-order valence-corrected chi connectivity index (χ2v) is 5.78. The van der Waals surface area contributed by atoms with Crippen LogP contribution in [0.25, 0.3) is 10.9 Å². The number of benzene rings is 1. The van der Waals surface area contributed by atoms with Gasteiger partial charge in [0, 0.05) is 30.4 Å². The molecule has 5 nitrogen and oxygen atoms in total. The van der Waals surface area contributed by atoms with Crippen molar-refractivity contribution in [1.82, 2.24) is 10.3 Å². The van der Waals surface area contributed by atoms with E-state index in [2.05, 4.69) is 15.6 Å². The largest absolute Gasteiger partial charge is 0.494 e. The number of anilines is 1. The molecule has 0 aliphatic carbocycles. The molecule has 0 aliphatic heterocycles. The van der Waals surface area contributed by atoms with E-state index < -0.39 is 0 Å². The first kappa shape index (κ1) is 17.4. The number of rotatable bonds is 7. The lowest BCUT2D eigenvalue weighted by Gasteiger charge is -2.14. The van der Waals surface area contributed by atoms with E-state index in [-0.39, 0.29) is 6.10 Å². The molecule has 0 fully saturated rings. The minimum Gasteiger partial charge on any atom is -0.494 e. The van der Waals surface area contributed by atoms with Crippen molar-refractivity contribution in [3.8, 4) is 5.75 Å². The molecule has 0 bridgehead atoms. The highest BCUT2D eigenvalue weighted by molar-refractivity contribution is 7.80. The Morgan fingerprint density at radius 1 is 1.30 bits per heavy atom. The first-order chi connectivity index (χ1) is 11.1. The minimum atomic E-state index is 0.262. The van der Waals surface area contributed by atoms with Gasteiger partial charge in [-0.25, -0.2) is 0 Å². The van der Waals surface area contributed by atoms with E-state index in [1.807, 2.05) is 38.1 Å². The zero-order chi connectivity index (χ0) is 16.7. The van der Waals surface area contributed by atoms with Gasteiger partial charge < -0.3 is 20.1 Å². The first-order valence-corrected chi connectivity index (χ1v) is 8.11. The van der Waals surface area contributed by atoms with Crippen LogP contribution in [-0.2, 0) is 4.74 Å². The molecule has 0 saturated heterocycles. The van der Waals surface area contributed by atoms with E-state index >= 15 is 0 Å². The molecule has 1 heterocycles. The summed E-state index contributed by atoms with van der Waals surface area (Å²) in [5, 5.41) is 7.97. The number of nitrogens with one attached hydrogen (secondary N) is 2. The maximum absolute atomic E-state index is 5.50. The number of fused-ring (bicyclic) bond motifs is 1. The Kier molecular flexibility index (Phi) is 6.55. The van der Waals surface area contributed by atoms with Gasteiger partial charge in [0.1, 0.15) is 11.3 Å². The van der Waals surface area contributed by atoms with E-state index in [0.29, 0.717) is 5.11 Å². The van der Waals surface area contributed by atoms with Crippen molar-refractivity contribution in [2.24, 2.45) is 0 Å². The van der Waals surface area contributed by atoms with Gasteiger partial charge in [-0.05, 0) is 56.8 Å². The van der Waals surface area contributed by atoms with Gasteiger partial charge in [-0.15, -0.1) is 0 Å². The summed E-state index contributed by atoms with van der Waals surface area (Å²) >= 11 is 5.35. The van der Waals surface area contributed by atoms with Crippen LogP contribution in [0.15, 0.2) is 30.5 Å². The number of ether oxygens (including phenoxy) is 2. The number of hydrogen-bond donors (Lipinski definition) is 2. The van der Waals surface area contributed by atoms with Crippen molar-refractivity contribution >= 4 is 33.9 Å². The van der Waals surface area contributed by atoms with Crippen molar-refractivity contribution in [2.45, 2.75) is 26.4 Å². The zero-order valence-corrected chi connectivity index (χ0v) is 14.6. The Balaban J connectivity index is 1.95. The SMILES string of the molecule is COc1ccc(NC(=S)NCCCOC(C)C)c2cccnc12. The fourth-order valence-electron chi connectivity index (χ4n) is 2.18. The molecule has 0 unspecified atom stereocenters. The molecule has 23 heavy (non-hydrogen) atoms. The van der Waals surface area contributed by atoms with E-state index in [1.54, 1.807) is 13.3 Å². The molecule has 124 valence electrons. The van der Waals surface area contributed by atoms with Crippen LogP contribution in [0, 0.1) is 0 Å². The van der Waals surface area contributed by atoms with E-state index in [9.17, 15) is 0 Å². The highest BCUT2D eigenvalue weighted by atomic mass is 32.1. The molecule has 6 heteroatoms. The van der Waals surface area contributed by atoms with Crippen LogP contribution < -0.4 is 15.4 Å². The van der Waals surface area contributed by atoms with Gasteiger partial charge in [-0.3, -0.25) is 4.98 Å². The molecule has 2 N–H and O–H groups in total. The lowest BCUT2D eigenvalue weighted by molar-refractivity contribution is 0.0777. The van der Waals surface area contributed by atoms with Gasteiger partial charge in [0.25, 0.3) is 0 Å². The maximum Gasteiger partial charge on any atom is 0.170 e. The average molecular weight is 333 g/mol. The predicted octanol–water partition coefficient (Wildman–Crippen LogP) is 3.34. The van der Waals surface area contributed by atoms with Gasteiger partial charge in [-0.2, -0.15) is 0 Å². The van der Waals surface area contributed by atoms with Crippen molar-refractivity contribution in [3.63, 3.8) is 0 Å². The van der Waals surface area contributed by atoms with Crippen molar-refractivity contribution in [2.75, 3.05) is 25.6 Å². The Morgan fingerprint density at radius 3 is 2.87 bits per heavy atom. The quantitative estimate of drug-likeness (QED) is 0.599. The molecule has 0 atom stereocenters. The maximum atomic E-state index is 5.50. The monoisotopic (exact) mass is 333 g/mol. The van der Waals surface area contributed by atoms with Gasteiger partial charge >= 0.3 is 0 Å². The molecule has 0 aliphatic rings. The molecular formula is C17H23N3O2S. The fraction of sp³-hybridized carbons (Fsp3) is 0.412. The van der Waals surface area contributed by atoms with Gasteiger partial charge in [0.05, 0.1) is 13.2 Å². The topological polar surface area (TPSA) is 55.4 Å². The second kappa shape index (κ2) is 8.64. The average Bonchev–Trinajstić information content (AvgIpc) is 2.54. The summed E-state index contributed by atoms with van der Waals surface area (Å²) in [7, 11) is 1.64. The third-order valence-electron chi connectivity index (χ3n) is 3.26. The number of methoxy groups -OCH3 is 1. The van der Waals surface area contributed by atoms with Crippen LogP contribution in [0.1, 0.15) is 20.3 Å². The van der Waals surface area contributed by atoms with Crippen molar-refractivity contribution < 1.29 is 9.47 Å². The van der Waals surface area contributed by atoms with Gasteiger partial charge in [0.2, 0.25) is 0 Å². The summed E-state index contributed by atoms with van der Waals surface area (Å²) < 4.78 is 10.8. The van der Waals surface area contributed by atoms with Crippen molar-refractivity contribution in [3.05, 3.63) is 30.5 Å². The van der Waals surface area contributed by atoms with E-state index in [0.717, 1.165) is 41.9 Å². The van der Waals surface area contributed by atoms with Crippen LogP contribution in [0.4, 0.5) is 5.69 Å². The fourth-order valence-corrected chi connectivity index (χ4v) is 2.39. The number of thiocarbonyl (C=S) groups is 1. The summed E-state index contributed by atoms with van der Waals surface area (Å²) in [4.78, 5) is 4.38. The number of pyridine rings is 1. The Bertz CT molecular complexity index is 661. The number of aromatic nitrogens is 1. The minimum absolute atomic E-state index is 0.262. The lowest BCUT2D eigenvalue weighted by Crippen LogP contribution is -2.30. The molecule has 0 radical (unpaired) electrons. The Morgan fingerprint density at radius 2 is 2.13 bits per heavy atom. The highest BCUT2D eigenvalue weighted by Gasteiger charge is 2.08. The first-order valence-electron chi connectivity index (χ1n) is 7.70. The normalized spacial score (nSPS) is 10.8. The molecule has 0 amide bonds. The summed E-state index contributed by atoms with van der Waals surface area (Å²) in [6.45, 7) is 5.55. The Hall–Kier alpha value is -1.92. The van der Waals surface area contributed by atoms with Crippen molar-refractivity contribution in [1.29, 1.82) is 0 Å². The molecule has 2 rings (SSSR count). The number of hydrogen-bond acceptors (Lipinski definition) is 4. The molecule has 0 spiro atoms. The molecule has 1 aromatic carbocycles. The molecule has 0 saturated carbocycles. The van der Waals surface area contributed by atoms with Crippen LogP contribution in [-0.4, -0.2) is 36.5 Å². The Labute approximate surface area is 142 Å². The summed E-state index contributed by atoms with van der Waals surface area (Å²) in [6, 6.07) is 7.72. The third kappa shape index (κ3) is 5.04. The van der Waals surface area contributed by atoms with E-state index in [4.69, 9.17) is 21.7 Å². The second-order valence-electron chi connectivity index (χ2n) is 5.37. The highest BCUT2D eigenvalue weighted by Crippen LogP contribution is 2.29. The van der Waals surface area contributed by atoms with Gasteiger partial charge in [0.15, 0.2) is 5.11 Å². The molecule has 2 aromatic rings. The number of nitrogens with zero attached hydrogens (tertiary/aromatic N) is 1. The third-order valence-corrected chi connectivity index (χ3v) is 3.51. The summed E-state index contributed by atoms with van der Waals surface area (Å²) in [5.41, 5.74) is 1.72. The molecule has 1 aromatic heterocycles. The summed E-state index contributed by atoms with van der Waals surface area (Å²) in [6.07, 6.45) is 2.92. The molecular weight excluding hydrogens is 310 g/mol. The van der Waals surface area contributed by atoms with Gasteiger partial charge in [-0.1, -0.05) is 0 Å². The van der Waals surface area contributed by atoms with Crippen LogP contribution in [0.2, 0.25) is 0 Å². The van der Waals surface area contributed by atoms with Crippen LogP contribution >= 0.6 is 12.2 Å². The standard InChI is InChI=1S/C17H23N3O2S/c1-12(2)22-11-5-10-19-17(23)20-14-7-8-15(21-3)16-13(14)6-4-9-18-16/h4,6-9,12H,5,10-11H2,1-3H3,(H2,19,20,23). The van der Waals surface area contributed by atoms with E-state index in [1.165, 1.54) is 0 Å². The predicted molar refractivity (Wildman–Crippen MR) is 98.2 cm³/mol. The zero-order valence-electron chi connectivity index (χ0n) is 13.8. The van der Waals surface area contributed by atoms with Crippen LogP contribution in [0.3, 0.4) is 0 Å².